The first-order valence-corrected chi connectivity index (χ1v) is 7.94. The van der Waals surface area contributed by atoms with E-state index in [0.717, 1.165) is 11.3 Å². The molecule has 1 aliphatic heterocycles. The van der Waals surface area contributed by atoms with Gasteiger partial charge in [-0.2, -0.15) is 11.3 Å². The number of ether oxygens (including phenoxy) is 1. The highest BCUT2D eigenvalue weighted by Gasteiger charge is 2.54. The number of carbonyl (C=O) groups is 1. The first-order valence-electron chi connectivity index (χ1n) is 7.00. The molecule has 0 N–H and O–H groups in total. The largest absolute Gasteiger partial charge is 0.497 e. The molecule has 2 aromatic rings. The van der Waals surface area contributed by atoms with Crippen LogP contribution in [0.25, 0.3) is 0 Å². The van der Waals surface area contributed by atoms with Crippen molar-refractivity contribution in [2.24, 2.45) is 5.41 Å². The fourth-order valence-electron chi connectivity index (χ4n) is 3.05. The van der Waals surface area contributed by atoms with Gasteiger partial charge in [0.2, 0.25) is 5.91 Å². The molecule has 0 spiro atoms. The van der Waals surface area contributed by atoms with E-state index < -0.39 is 0 Å². The van der Waals surface area contributed by atoms with E-state index in [9.17, 15) is 4.79 Å². The van der Waals surface area contributed by atoms with E-state index in [1.54, 1.807) is 18.4 Å². The SMILES string of the molecule is COc1ccc(CN2C(=O)C(C)(C)C2c2ccsc2)cc1. The third kappa shape index (κ3) is 2.33. The number of β-lactam (4-membered cyclic amide) rings is 1. The molecule has 4 heteroatoms. The molecule has 1 aromatic carbocycles. The second-order valence-electron chi connectivity index (χ2n) is 5.96. The van der Waals surface area contributed by atoms with Crippen molar-refractivity contribution in [3.05, 3.63) is 52.2 Å². The minimum absolute atomic E-state index is 0.165. The molecule has 1 aromatic heterocycles. The highest BCUT2D eigenvalue weighted by atomic mass is 32.1. The quantitative estimate of drug-likeness (QED) is 0.802. The maximum Gasteiger partial charge on any atom is 0.231 e. The van der Waals surface area contributed by atoms with Crippen LogP contribution < -0.4 is 4.74 Å². The van der Waals surface area contributed by atoms with Crippen LogP contribution in [0.2, 0.25) is 0 Å². The van der Waals surface area contributed by atoms with Gasteiger partial charge in [-0.25, -0.2) is 0 Å². The molecule has 0 saturated carbocycles. The standard InChI is InChI=1S/C17H19NO2S/c1-17(2)15(13-8-9-21-11-13)18(16(17)19)10-12-4-6-14(20-3)7-5-12/h4-9,11,15H,10H2,1-3H3. The van der Waals surface area contributed by atoms with Gasteiger partial charge in [-0.1, -0.05) is 12.1 Å². The summed E-state index contributed by atoms with van der Waals surface area (Å²) < 4.78 is 5.17. The Bertz CT molecular complexity index is 631. The summed E-state index contributed by atoms with van der Waals surface area (Å²) in [6.07, 6.45) is 0. The number of hydrogen-bond donors (Lipinski definition) is 0. The highest BCUT2D eigenvalue weighted by Crippen LogP contribution is 2.50. The summed E-state index contributed by atoms with van der Waals surface area (Å²) in [5.41, 5.74) is 2.05. The molecule has 110 valence electrons. The summed E-state index contributed by atoms with van der Waals surface area (Å²) in [7, 11) is 1.66. The zero-order chi connectivity index (χ0) is 15.0. The predicted octanol–water partition coefficient (Wildman–Crippen LogP) is 3.87. The van der Waals surface area contributed by atoms with E-state index in [1.807, 2.05) is 43.0 Å². The van der Waals surface area contributed by atoms with E-state index >= 15 is 0 Å². The van der Waals surface area contributed by atoms with Gasteiger partial charge < -0.3 is 9.64 Å². The van der Waals surface area contributed by atoms with Crippen molar-refractivity contribution in [2.45, 2.75) is 26.4 Å². The summed E-state index contributed by atoms with van der Waals surface area (Å²) in [6, 6.07) is 10.2. The summed E-state index contributed by atoms with van der Waals surface area (Å²) in [5.74, 6) is 1.05. The maximum atomic E-state index is 12.4. The fourth-order valence-corrected chi connectivity index (χ4v) is 3.72. The van der Waals surface area contributed by atoms with E-state index in [2.05, 4.69) is 16.8 Å². The molecule has 0 radical (unpaired) electrons. The third-order valence-electron chi connectivity index (χ3n) is 4.18. The van der Waals surface area contributed by atoms with Crippen molar-refractivity contribution in [2.75, 3.05) is 7.11 Å². The molecular weight excluding hydrogens is 282 g/mol. The van der Waals surface area contributed by atoms with Crippen LogP contribution in [-0.4, -0.2) is 17.9 Å². The Hall–Kier alpha value is -1.81. The lowest BCUT2D eigenvalue weighted by atomic mass is 9.71. The van der Waals surface area contributed by atoms with E-state index in [0.29, 0.717) is 6.54 Å². The Labute approximate surface area is 129 Å². The Morgan fingerprint density at radius 3 is 2.52 bits per heavy atom. The predicted molar refractivity (Wildman–Crippen MR) is 84.4 cm³/mol. The monoisotopic (exact) mass is 301 g/mol. The Kier molecular flexibility index (Phi) is 3.49. The van der Waals surface area contributed by atoms with Crippen molar-refractivity contribution in [1.82, 2.24) is 4.90 Å². The van der Waals surface area contributed by atoms with Crippen molar-refractivity contribution < 1.29 is 9.53 Å². The number of thiophene rings is 1. The van der Waals surface area contributed by atoms with Gasteiger partial charge in [-0.3, -0.25) is 4.79 Å². The number of hydrogen-bond acceptors (Lipinski definition) is 3. The Morgan fingerprint density at radius 2 is 1.95 bits per heavy atom. The van der Waals surface area contributed by atoms with E-state index in [1.165, 1.54) is 5.56 Å². The van der Waals surface area contributed by atoms with Gasteiger partial charge in [0, 0.05) is 6.54 Å². The highest BCUT2D eigenvalue weighted by molar-refractivity contribution is 7.08. The molecule has 1 fully saturated rings. The van der Waals surface area contributed by atoms with Crippen LogP contribution in [0, 0.1) is 5.41 Å². The summed E-state index contributed by atoms with van der Waals surface area (Å²) in [6.45, 7) is 4.71. The smallest absolute Gasteiger partial charge is 0.231 e. The van der Waals surface area contributed by atoms with Gasteiger partial charge in [0.05, 0.1) is 18.6 Å². The van der Waals surface area contributed by atoms with Gasteiger partial charge >= 0.3 is 0 Å². The van der Waals surface area contributed by atoms with Gasteiger partial charge in [0.25, 0.3) is 0 Å². The van der Waals surface area contributed by atoms with Crippen LogP contribution in [0.4, 0.5) is 0 Å². The second kappa shape index (κ2) is 5.19. The lowest BCUT2D eigenvalue weighted by molar-refractivity contribution is -0.170. The minimum Gasteiger partial charge on any atom is -0.497 e. The zero-order valence-electron chi connectivity index (χ0n) is 12.5. The van der Waals surface area contributed by atoms with Gasteiger partial charge in [0.1, 0.15) is 5.75 Å². The van der Waals surface area contributed by atoms with Crippen LogP contribution in [0.5, 0.6) is 5.75 Å². The molecule has 2 heterocycles. The van der Waals surface area contributed by atoms with Gasteiger partial charge in [-0.05, 0) is 53.9 Å². The van der Waals surface area contributed by atoms with Crippen LogP contribution in [0.1, 0.15) is 31.0 Å². The zero-order valence-corrected chi connectivity index (χ0v) is 13.3. The lowest BCUT2D eigenvalue weighted by Gasteiger charge is -2.53. The van der Waals surface area contributed by atoms with Crippen LogP contribution in [-0.2, 0) is 11.3 Å². The van der Waals surface area contributed by atoms with Crippen LogP contribution in [0.15, 0.2) is 41.1 Å². The third-order valence-corrected chi connectivity index (χ3v) is 4.88. The number of nitrogens with zero attached hydrogens (tertiary/aromatic N) is 1. The molecule has 3 nitrogen and oxygen atoms in total. The molecule has 21 heavy (non-hydrogen) atoms. The maximum absolute atomic E-state index is 12.4. The first-order chi connectivity index (χ1) is 10.0. The van der Waals surface area contributed by atoms with Gasteiger partial charge in [-0.15, -0.1) is 0 Å². The number of carbonyl (C=O) groups excluding carboxylic acids is 1. The van der Waals surface area contributed by atoms with Crippen molar-refractivity contribution in [3.8, 4) is 5.75 Å². The Balaban J connectivity index is 1.82. The summed E-state index contributed by atoms with van der Waals surface area (Å²) in [4.78, 5) is 14.4. The molecule has 1 aliphatic rings. The second-order valence-corrected chi connectivity index (χ2v) is 6.74. The van der Waals surface area contributed by atoms with Crippen LogP contribution in [0.3, 0.4) is 0 Å². The average molecular weight is 301 g/mol. The van der Waals surface area contributed by atoms with Crippen molar-refractivity contribution in [1.29, 1.82) is 0 Å². The number of likely N-dealkylation sites (tertiary alicyclic amines) is 1. The van der Waals surface area contributed by atoms with Crippen molar-refractivity contribution >= 4 is 17.2 Å². The van der Waals surface area contributed by atoms with E-state index in [-0.39, 0.29) is 17.4 Å². The minimum atomic E-state index is -0.312. The molecule has 0 bridgehead atoms. The molecule has 0 aliphatic carbocycles. The summed E-state index contributed by atoms with van der Waals surface area (Å²) >= 11 is 1.68. The van der Waals surface area contributed by atoms with E-state index in [4.69, 9.17) is 4.74 Å². The van der Waals surface area contributed by atoms with Crippen molar-refractivity contribution in [3.63, 3.8) is 0 Å². The topological polar surface area (TPSA) is 29.5 Å². The lowest BCUT2D eigenvalue weighted by Crippen LogP contribution is -2.59. The van der Waals surface area contributed by atoms with Crippen LogP contribution >= 0.6 is 11.3 Å². The molecule has 1 unspecified atom stereocenters. The normalized spacial score (nSPS) is 20.2. The number of methoxy groups -OCH3 is 1. The Morgan fingerprint density at radius 1 is 1.24 bits per heavy atom. The molecular formula is C17H19NO2S. The average Bonchev–Trinajstić information content (AvgIpc) is 3.00. The number of amides is 1. The summed E-state index contributed by atoms with van der Waals surface area (Å²) in [5, 5.41) is 4.21. The number of benzene rings is 1. The fraction of sp³-hybridized carbons (Fsp3) is 0.353. The number of rotatable bonds is 4. The molecule has 1 atom stereocenters. The molecule has 3 rings (SSSR count). The molecule has 1 saturated heterocycles. The molecule has 1 amide bonds. The van der Waals surface area contributed by atoms with Gasteiger partial charge in [0.15, 0.2) is 0 Å². The first kappa shape index (κ1) is 14.1.